The zero-order chi connectivity index (χ0) is 15.4. The SMILES string of the molecule is COc1cc(OC)cc(OCc2cc(C(=O)O)c(C)o2)c1. The van der Waals surface area contributed by atoms with Crippen molar-refractivity contribution in [2.24, 2.45) is 0 Å². The summed E-state index contributed by atoms with van der Waals surface area (Å²) >= 11 is 0. The number of aromatic carboxylic acids is 1. The second-order valence-corrected chi connectivity index (χ2v) is 4.32. The molecule has 6 nitrogen and oxygen atoms in total. The smallest absolute Gasteiger partial charge is 0.339 e. The Morgan fingerprint density at radius 2 is 1.67 bits per heavy atom. The number of aryl methyl sites for hydroxylation is 1. The molecule has 0 aliphatic heterocycles. The Morgan fingerprint density at radius 1 is 1.10 bits per heavy atom. The van der Waals surface area contributed by atoms with E-state index < -0.39 is 5.97 Å². The van der Waals surface area contributed by atoms with Crippen LogP contribution in [0.25, 0.3) is 0 Å². The Hall–Kier alpha value is -2.63. The molecule has 1 heterocycles. The van der Waals surface area contributed by atoms with Gasteiger partial charge >= 0.3 is 5.97 Å². The lowest BCUT2D eigenvalue weighted by molar-refractivity contribution is 0.0695. The molecule has 0 radical (unpaired) electrons. The molecule has 0 fully saturated rings. The number of ether oxygens (including phenoxy) is 3. The van der Waals surface area contributed by atoms with Crippen molar-refractivity contribution < 1.29 is 28.5 Å². The quantitative estimate of drug-likeness (QED) is 0.882. The van der Waals surface area contributed by atoms with Crippen LogP contribution in [0.15, 0.2) is 28.7 Å². The molecule has 2 rings (SSSR count). The number of rotatable bonds is 6. The van der Waals surface area contributed by atoms with E-state index in [0.29, 0.717) is 28.8 Å². The van der Waals surface area contributed by atoms with E-state index in [9.17, 15) is 4.79 Å². The van der Waals surface area contributed by atoms with Crippen LogP contribution in [0.4, 0.5) is 0 Å². The van der Waals surface area contributed by atoms with Gasteiger partial charge in [-0.2, -0.15) is 0 Å². The van der Waals surface area contributed by atoms with Gasteiger partial charge in [0.15, 0.2) is 0 Å². The molecular weight excluding hydrogens is 276 g/mol. The molecule has 6 heteroatoms. The number of furan rings is 1. The van der Waals surface area contributed by atoms with Gasteiger partial charge in [-0.3, -0.25) is 0 Å². The maximum Gasteiger partial charge on any atom is 0.339 e. The molecule has 0 saturated carbocycles. The molecule has 0 bridgehead atoms. The first-order chi connectivity index (χ1) is 10.0. The average molecular weight is 292 g/mol. The van der Waals surface area contributed by atoms with E-state index in [-0.39, 0.29) is 12.2 Å². The number of carboxylic acids is 1. The third-order valence-electron chi connectivity index (χ3n) is 2.91. The van der Waals surface area contributed by atoms with Crippen molar-refractivity contribution in [1.29, 1.82) is 0 Å². The summed E-state index contributed by atoms with van der Waals surface area (Å²) in [6.07, 6.45) is 0. The van der Waals surface area contributed by atoms with E-state index >= 15 is 0 Å². The zero-order valence-electron chi connectivity index (χ0n) is 12.0. The van der Waals surface area contributed by atoms with Crippen molar-refractivity contribution in [1.82, 2.24) is 0 Å². The zero-order valence-corrected chi connectivity index (χ0v) is 12.0. The highest BCUT2D eigenvalue weighted by Crippen LogP contribution is 2.28. The van der Waals surface area contributed by atoms with Gasteiger partial charge in [-0.05, 0) is 13.0 Å². The molecule has 21 heavy (non-hydrogen) atoms. The maximum absolute atomic E-state index is 10.9. The fraction of sp³-hybridized carbons (Fsp3) is 0.267. The monoisotopic (exact) mass is 292 g/mol. The average Bonchev–Trinajstić information content (AvgIpc) is 2.86. The summed E-state index contributed by atoms with van der Waals surface area (Å²) in [7, 11) is 3.10. The highest BCUT2D eigenvalue weighted by Gasteiger charge is 2.14. The standard InChI is InChI=1S/C15H16O6/c1-9-14(15(16)17)7-13(21-9)8-20-12-5-10(18-2)4-11(6-12)19-3/h4-7H,8H2,1-3H3,(H,16,17). The molecule has 0 unspecified atom stereocenters. The van der Waals surface area contributed by atoms with Crippen molar-refractivity contribution in [2.75, 3.05) is 14.2 Å². The Morgan fingerprint density at radius 3 is 2.14 bits per heavy atom. The fourth-order valence-electron chi connectivity index (χ4n) is 1.85. The van der Waals surface area contributed by atoms with Crippen LogP contribution in [0, 0.1) is 6.92 Å². The number of carboxylic acid groups (broad SMARTS) is 1. The van der Waals surface area contributed by atoms with Crippen molar-refractivity contribution >= 4 is 5.97 Å². The molecular formula is C15H16O6. The van der Waals surface area contributed by atoms with E-state index in [0.717, 1.165) is 0 Å². The Labute approximate surface area is 121 Å². The van der Waals surface area contributed by atoms with Gasteiger partial charge in [0.1, 0.15) is 40.9 Å². The van der Waals surface area contributed by atoms with Crippen LogP contribution < -0.4 is 14.2 Å². The first-order valence-electron chi connectivity index (χ1n) is 6.22. The predicted octanol–water partition coefficient (Wildman–Crippen LogP) is 2.88. The highest BCUT2D eigenvalue weighted by atomic mass is 16.5. The van der Waals surface area contributed by atoms with Crippen molar-refractivity contribution in [2.45, 2.75) is 13.5 Å². The lowest BCUT2D eigenvalue weighted by Crippen LogP contribution is -1.97. The normalized spacial score (nSPS) is 10.2. The summed E-state index contributed by atoms with van der Waals surface area (Å²) < 4.78 is 21.2. The molecule has 0 spiro atoms. The van der Waals surface area contributed by atoms with E-state index in [1.165, 1.54) is 6.07 Å². The topological polar surface area (TPSA) is 78.1 Å². The summed E-state index contributed by atoms with van der Waals surface area (Å²) in [4.78, 5) is 10.9. The lowest BCUT2D eigenvalue weighted by atomic mass is 10.2. The van der Waals surface area contributed by atoms with Gasteiger partial charge in [0, 0.05) is 18.2 Å². The Bertz CT molecular complexity index is 621. The number of methoxy groups -OCH3 is 2. The number of hydrogen-bond acceptors (Lipinski definition) is 5. The minimum atomic E-state index is -1.02. The van der Waals surface area contributed by atoms with Crippen LogP contribution >= 0.6 is 0 Å². The summed E-state index contributed by atoms with van der Waals surface area (Å²) in [6, 6.07) is 6.59. The number of hydrogen-bond donors (Lipinski definition) is 1. The predicted molar refractivity (Wildman–Crippen MR) is 74.3 cm³/mol. The summed E-state index contributed by atoms with van der Waals surface area (Å²) in [5.41, 5.74) is 0.136. The Balaban J connectivity index is 2.12. The van der Waals surface area contributed by atoms with Gasteiger partial charge in [0.2, 0.25) is 0 Å². The minimum Gasteiger partial charge on any atom is -0.496 e. The van der Waals surface area contributed by atoms with Crippen LogP contribution in [0.5, 0.6) is 17.2 Å². The van der Waals surface area contributed by atoms with Crippen molar-refractivity contribution in [3.63, 3.8) is 0 Å². The summed E-state index contributed by atoms with van der Waals surface area (Å²) in [5.74, 6) is 1.51. The minimum absolute atomic E-state index is 0.116. The van der Waals surface area contributed by atoms with Crippen LogP contribution in [0.3, 0.4) is 0 Å². The maximum atomic E-state index is 10.9. The van der Waals surface area contributed by atoms with Gasteiger partial charge in [0.05, 0.1) is 14.2 Å². The Kier molecular flexibility index (Phi) is 4.37. The largest absolute Gasteiger partial charge is 0.496 e. The number of benzene rings is 1. The number of carbonyl (C=O) groups is 1. The van der Waals surface area contributed by atoms with Crippen LogP contribution in [0.1, 0.15) is 21.9 Å². The fourth-order valence-corrected chi connectivity index (χ4v) is 1.85. The van der Waals surface area contributed by atoms with Gasteiger partial charge in [0.25, 0.3) is 0 Å². The van der Waals surface area contributed by atoms with E-state index in [2.05, 4.69) is 0 Å². The molecule has 112 valence electrons. The third-order valence-corrected chi connectivity index (χ3v) is 2.91. The second kappa shape index (κ2) is 6.21. The molecule has 0 amide bonds. The molecule has 0 saturated heterocycles. The van der Waals surface area contributed by atoms with Crippen molar-refractivity contribution in [3.05, 3.63) is 41.3 Å². The first kappa shape index (κ1) is 14.8. The van der Waals surface area contributed by atoms with E-state index in [1.54, 1.807) is 39.3 Å². The first-order valence-corrected chi connectivity index (χ1v) is 6.22. The van der Waals surface area contributed by atoms with Gasteiger partial charge in [-0.1, -0.05) is 0 Å². The van der Waals surface area contributed by atoms with Gasteiger partial charge in [-0.25, -0.2) is 4.79 Å². The van der Waals surface area contributed by atoms with Crippen LogP contribution in [0.2, 0.25) is 0 Å². The molecule has 0 atom stereocenters. The van der Waals surface area contributed by atoms with Crippen LogP contribution in [-0.2, 0) is 6.61 Å². The summed E-state index contributed by atoms with van der Waals surface area (Å²) in [6.45, 7) is 1.71. The third kappa shape index (κ3) is 3.47. The molecule has 1 aromatic carbocycles. The molecule has 0 aliphatic carbocycles. The van der Waals surface area contributed by atoms with Gasteiger partial charge < -0.3 is 23.7 Å². The summed E-state index contributed by atoms with van der Waals surface area (Å²) in [5, 5.41) is 8.97. The van der Waals surface area contributed by atoms with Gasteiger partial charge in [-0.15, -0.1) is 0 Å². The molecule has 0 aliphatic rings. The van der Waals surface area contributed by atoms with Crippen molar-refractivity contribution in [3.8, 4) is 17.2 Å². The highest BCUT2D eigenvalue weighted by molar-refractivity contribution is 5.88. The van der Waals surface area contributed by atoms with Crippen LogP contribution in [-0.4, -0.2) is 25.3 Å². The van der Waals surface area contributed by atoms with E-state index in [1.807, 2.05) is 0 Å². The molecule has 1 N–H and O–H groups in total. The molecule has 2 aromatic rings. The van der Waals surface area contributed by atoms with E-state index in [4.69, 9.17) is 23.7 Å². The second-order valence-electron chi connectivity index (χ2n) is 4.32. The lowest BCUT2D eigenvalue weighted by Gasteiger charge is -2.09. The molecule has 1 aromatic heterocycles.